The number of aryl methyl sites for hydroxylation is 1. The first kappa shape index (κ1) is 21.2. The predicted octanol–water partition coefficient (Wildman–Crippen LogP) is 3.03. The van der Waals surface area contributed by atoms with Gasteiger partial charge in [-0.3, -0.25) is 19.4 Å². The lowest BCUT2D eigenvalue weighted by molar-refractivity contribution is 0.102. The van der Waals surface area contributed by atoms with Crippen molar-refractivity contribution in [3.05, 3.63) is 72.3 Å². The molecule has 0 bridgehead atoms. The van der Waals surface area contributed by atoms with Gasteiger partial charge in [-0.25, -0.2) is 4.98 Å². The van der Waals surface area contributed by atoms with E-state index in [2.05, 4.69) is 43.3 Å². The lowest BCUT2D eigenvalue weighted by atomic mass is 10.1. The van der Waals surface area contributed by atoms with Crippen molar-refractivity contribution in [3.8, 4) is 11.3 Å². The largest absolute Gasteiger partial charge is 0.307 e. The fraction of sp³-hybridized carbons (Fsp3) is 0.280. The minimum Gasteiger partial charge on any atom is -0.307 e. The average Bonchev–Trinajstić information content (AvgIpc) is 3.26. The molecular weight excluding hydrogens is 414 g/mol. The molecule has 0 aliphatic carbocycles. The number of aromatic nitrogens is 4. The second-order valence-corrected chi connectivity index (χ2v) is 8.62. The number of nitrogens with one attached hydrogen (secondary N) is 1. The Labute approximate surface area is 192 Å². The van der Waals surface area contributed by atoms with E-state index in [1.54, 1.807) is 23.3 Å². The number of amides is 1. The van der Waals surface area contributed by atoms with Crippen molar-refractivity contribution in [1.82, 2.24) is 29.5 Å². The molecule has 8 nitrogen and oxygen atoms in total. The third-order valence-corrected chi connectivity index (χ3v) is 6.04. The molecule has 3 aromatic heterocycles. The molecule has 1 saturated heterocycles. The number of nitrogens with zero attached hydrogens (tertiary/aromatic N) is 6. The summed E-state index contributed by atoms with van der Waals surface area (Å²) in [5.74, 6) is 0.351. The topological polar surface area (TPSA) is 79.2 Å². The molecular formula is C25H27N7O. The number of piperazine rings is 1. The lowest BCUT2D eigenvalue weighted by Gasteiger charge is -2.32. The maximum atomic E-state index is 12.9. The summed E-state index contributed by atoms with van der Waals surface area (Å²) in [5, 5.41) is 9.02. The number of fused-ring (bicyclic) bond motifs is 1. The van der Waals surface area contributed by atoms with Gasteiger partial charge in [0.2, 0.25) is 0 Å². The number of hydrogen-bond acceptors (Lipinski definition) is 6. The maximum Gasteiger partial charge on any atom is 0.256 e. The van der Waals surface area contributed by atoms with Gasteiger partial charge in [0.05, 0.1) is 11.9 Å². The van der Waals surface area contributed by atoms with Crippen LogP contribution in [-0.2, 0) is 13.6 Å². The molecule has 1 amide bonds. The van der Waals surface area contributed by atoms with Gasteiger partial charge >= 0.3 is 0 Å². The van der Waals surface area contributed by atoms with E-state index in [9.17, 15) is 4.79 Å². The van der Waals surface area contributed by atoms with Gasteiger partial charge in [0.1, 0.15) is 5.82 Å². The number of benzene rings is 1. The Hall–Kier alpha value is -3.62. The molecule has 0 saturated carbocycles. The number of hydrogen-bond donors (Lipinski definition) is 1. The normalized spacial score (nSPS) is 15.1. The second kappa shape index (κ2) is 9.09. The number of likely N-dealkylation sites (N-methyl/N-ethyl adjacent to an activating group) is 1. The number of rotatable bonds is 5. The Morgan fingerprint density at radius 3 is 2.58 bits per heavy atom. The third kappa shape index (κ3) is 4.92. The third-order valence-electron chi connectivity index (χ3n) is 6.04. The van der Waals surface area contributed by atoms with Gasteiger partial charge < -0.3 is 10.2 Å². The number of carbonyl (C=O) groups is 1. The van der Waals surface area contributed by atoms with Crippen LogP contribution in [0.25, 0.3) is 22.0 Å². The van der Waals surface area contributed by atoms with Crippen LogP contribution in [0.15, 0.2) is 61.2 Å². The number of anilines is 1. The quantitative estimate of drug-likeness (QED) is 0.513. The highest BCUT2D eigenvalue weighted by Crippen LogP contribution is 2.23. The zero-order valence-corrected chi connectivity index (χ0v) is 18.9. The van der Waals surface area contributed by atoms with E-state index >= 15 is 0 Å². The van der Waals surface area contributed by atoms with Crippen LogP contribution in [0.2, 0.25) is 0 Å². The van der Waals surface area contributed by atoms with Crippen LogP contribution in [0, 0.1) is 0 Å². The number of carbonyl (C=O) groups excluding carboxylic acids is 1. The molecule has 1 aliphatic heterocycles. The Bertz CT molecular complexity index is 1290. The van der Waals surface area contributed by atoms with E-state index in [-0.39, 0.29) is 5.91 Å². The van der Waals surface area contributed by atoms with E-state index in [0.29, 0.717) is 11.4 Å². The second-order valence-electron chi connectivity index (χ2n) is 8.62. The van der Waals surface area contributed by atoms with Crippen LogP contribution in [0.1, 0.15) is 15.9 Å². The van der Waals surface area contributed by atoms with Crippen LogP contribution in [0.3, 0.4) is 0 Å². The Morgan fingerprint density at radius 2 is 1.79 bits per heavy atom. The molecule has 1 aliphatic rings. The van der Waals surface area contributed by atoms with Gasteiger partial charge in [0.15, 0.2) is 0 Å². The minimum atomic E-state index is -0.163. The van der Waals surface area contributed by atoms with Gasteiger partial charge in [0.25, 0.3) is 5.91 Å². The standard InChI is InChI=1S/C25H27N7O/c1-30-6-8-32(9-7-30)16-18-4-3-5-19(10-18)25(33)29-24-12-20-11-23(22-15-28-31(2)17-22)26-13-21(20)14-27-24/h3-5,10-15,17H,6-9,16H2,1-2H3,(H,27,29,33). The van der Waals surface area contributed by atoms with Crippen LogP contribution in [0.5, 0.6) is 0 Å². The molecule has 0 unspecified atom stereocenters. The van der Waals surface area contributed by atoms with Gasteiger partial charge in [-0.1, -0.05) is 12.1 Å². The molecule has 0 radical (unpaired) electrons. The van der Waals surface area contributed by atoms with E-state index in [0.717, 1.165) is 60.3 Å². The smallest absolute Gasteiger partial charge is 0.256 e. The monoisotopic (exact) mass is 441 g/mol. The Morgan fingerprint density at radius 1 is 0.970 bits per heavy atom. The summed E-state index contributed by atoms with van der Waals surface area (Å²) in [7, 11) is 4.03. The summed E-state index contributed by atoms with van der Waals surface area (Å²) in [6.07, 6.45) is 7.23. The van der Waals surface area contributed by atoms with Gasteiger partial charge in [0, 0.05) is 74.9 Å². The Kier molecular flexibility index (Phi) is 5.85. The Balaban J connectivity index is 1.31. The molecule has 0 atom stereocenters. The molecule has 0 spiro atoms. The molecule has 168 valence electrons. The molecule has 8 heteroatoms. The highest BCUT2D eigenvalue weighted by molar-refractivity contribution is 6.04. The van der Waals surface area contributed by atoms with Crippen molar-refractivity contribution in [2.75, 3.05) is 38.5 Å². The zero-order valence-electron chi connectivity index (χ0n) is 18.9. The van der Waals surface area contributed by atoms with Crippen LogP contribution in [-0.4, -0.2) is 68.7 Å². The molecule has 4 heterocycles. The average molecular weight is 442 g/mol. The van der Waals surface area contributed by atoms with Crippen molar-refractivity contribution < 1.29 is 4.79 Å². The molecule has 1 N–H and O–H groups in total. The molecule has 33 heavy (non-hydrogen) atoms. The highest BCUT2D eigenvalue weighted by atomic mass is 16.1. The first-order valence-corrected chi connectivity index (χ1v) is 11.1. The molecule has 1 fully saturated rings. The first-order valence-electron chi connectivity index (χ1n) is 11.1. The highest BCUT2D eigenvalue weighted by Gasteiger charge is 2.15. The summed E-state index contributed by atoms with van der Waals surface area (Å²) in [4.78, 5) is 26.6. The molecule has 5 rings (SSSR count). The van der Waals surface area contributed by atoms with E-state index in [4.69, 9.17) is 0 Å². The van der Waals surface area contributed by atoms with Crippen LogP contribution < -0.4 is 5.32 Å². The van der Waals surface area contributed by atoms with Gasteiger partial charge in [-0.2, -0.15) is 5.10 Å². The van der Waals surface area contributed by atoms with Crippen LogP contribution >= 0.6 is 0 Å². The van der Waals surface area contributed by atoms with Crippen molar-refractivity contribution in [3.63, 3.8) is 0 Å². The van der Waals surface area contributed by atoms with E-state index < -0.39 is 0 Å². The minimum absolute atomic E-state index is 0.163. The van der Waals surface area contributed by atoms with Crippen molar-refractivity contribution in [1.29, 1.82) is 0 Å². The van der Waals surface area contributed by atoms with Gasteiger partial charge in [-0.15, -0.1) is 0 Å². The summed E-state index contributed by atoms with van der Waals surface area (Å²) >= 11 is 0. The van der Waals surface area contributed by atoms with Crippen LogP contribution in [0.4, 0.5) is 5.82 Å². The summed E-state index contributed by atoms with van der Waals surface area (Å²) in [6, 6.07) is 11.7. The fourth-order valence-corrected chi connectivity index (χ4v) is 4.08. The van der Waals surface area contributed by atoms with Crippen molar-refractivity contribution >= 4 is 22.5 Å². The summed E-state index contributed by atoms with van der Waals surface area (Å²) < 4.78 is 1.75. The SMILES string of the molecule is CN1CCN(Cc2cccc(C(=O)Nc3cc4cc(-c5cnn(C)c5)ncc4cn3)c2)CC1. The predicted molar refractivity (Wildman–Crippen MR) is 129 cm³/mol. The van der Waals surface area contributed by atoms with E-state index in [1.165, 1.54) is 0 Å². The molecule has 4 aromatic rings. The van der Waals surface area contributed by atoms with Gasteiger partial charge in [-0.05, 0) is 42.3 Å². The maximum absolute atomic E-state index is 12.9. The zero-order chi connectivity index (χ0) is 22.8. The fourth-order valence-electron chi connectivity index (χ4n) is 4.08. The number of pyridine rings is 2. The van der Waals surface area contributed by atoms with Crippen molar-refractivity contribution in [2.45, 2.75) is 6.54 Å². The molecule has 1 aromatic carbocycles. The lowest BCUT2D eigenvalue weighted by Crippen LogP contribution is -2.43. The van der Waals surface area contributed by atoms with E-state index in [1.807, 2.05) is 43.6 Å². The summed E-state index contributed by atoms with van der Waals surface area (Å²) in [5.41, 5.74) is 3.55. The van der Waals surface area contributed by atoms with Crippen molar-refractivity contribution in [2.24, 2.45) is 7.05 Å². The summed E-state index contributed by atoms with van der Waals surface area (Å²) in [6.45, 7) is 5.10. The first-order chi connectivity index (χ1) is 16.0.